The Morgan fingerprint density at radius 2 is 2.24 bits per heavy atom. The zero-order valence-corrected chi connectivity index (χ0v) is 14.4. The lowest BCUT2D eigenvalue weighted by atomic mass is 9.89. The quantitative estimate of drug-likeness (QED) is 0.900. The number of carbonyl (C=O) groups excluding carboxylic acids is 1. The number of hydrogen-bond donors (Lipinski definition) is 1. The van der Waals surface area contributed by atoms with Crippen LogP contribution in [0.15, 0.2) is 16.6 Å². The van der Waals surface area contributed by atoms with E-state index in [1.165, 1.54) is 4.90 Å². The van der Waals surface area contributed by atoms with E-state index in [4.69, 9.17) is 0 Å². The molecule has 1 atom stereocenters. The van der Waals surface area contributed by atoms with E-state index < -0.39 is 5.60 Å². The van der Waals surface area contributed by atoms with Crippen LogP contribution < -0.4 is 4.90 Å². The largest absolute Gasteiger partial charge is 0.388 e. The molecule has 1 saturated heterocycles. The molecule has 0 saturated carbocycles. The maximum Gasteiger partial charge on any atom is 0.225 e. The zero-order valence-electron chi connectivity index (χ0n) is 12.8. The molecule has 0 radical (unpaired) electrons. The number of aryl methyl sites for hydroxylation is 1. The number of hydrogen-bond acceptors (Lipinski definition) is 4. The maximum atomic E-state index is 11.9. The van der Waals surface area contributed by atoms with Gasteiger partial charge in [-0.05, 0) is 47.8 Å². The number of amides is 1. The zero-order chi connectivity index (χ0) is 15.6. The number of carbonyl (C=O) groups is 1. The van der Waals surface area contributed by atoms with Gasteiger partial charge < -0.3 is 14.9 Å². The average molecular weight is 356 g/mol. The second-order valence-electron chi connectivity index (χ2n) is 5.95. The van der Waals surface area contributed by atoms with Crippen LogP contribution in [0.4, 0.5) is 5.82 Å². The van der Waals surface area contributed by atoms with Gasteiger partial charge in [0.2, 0.25) is 5.91 Å². The summed E-state index contributed by atoms with van der Waals surface area (Å²) in [5.41, 5.74) is -0.0478. The van der Waals surface area contributed by atoms with Crippen molar-refractivity contribution in [3.8, 4) is 0 Å². The molecule has 1 fully saturated rings. The van der Waals surface area contributed by atoms with Crippen LogP contribution in [-0.4, -0.2) is 53.7 Å². The Balaban J connectivity index is 2.12. The van der Waals surface area contributed by atoms with Crippen LogP contribution in [-0.2, 0) is 4.79 Å². The third kappa shape index (κ3) is 3.95. The summed E-state index contributed by atoms with van der Waals surface area (Å²) in [7, 11) is 3.43. The summed E-state index contributed by atoms with van der Waals surface area (Å²) < 4.78 is 0.973. The number of aromatic nitrogens is 1. The van der Waals surface area contributed by atoms with Crippen molar-refractivity contribution < 1.29 is 9.90 Å². The molecule has 116 valence electrons. The van der Waals surface area contributed by atoms with E-state index in [9.17, 15) is 9.90 Å². The highest BCUT2D eigenvalue weighted by Gasteiger charge is 2.36. The fraction of sp³-hybridized carbons (Fsp3) is 0.600. The smallest absolute Gasteiger partial charge is 0.225 e. The predicted molar refractivity (Wildman–Crippen MR) is 86.4 cm³/mol. The Morgan fingerprint density at radius 1 is 1.52 bits per heavy atom. The summed E-state index contributed by atoms with van der Waals surface area (Å²) in [6, 6.07) is 3.91. The molecular weight excluding hydrogens is 334 g/mol. The van der Waals surface area contributed by atoms with Crippen LogP contribution in [0.1, 0.15) is 25.0 Å². The Labute approximate surface area is 134 Å². The number of anilines is 1. The van der Waals surface area contributed by atoms with E-state index in [1.807, 2.05) is 19.1 Å². The third-order valence-corrected chi connectivity index (χ3v) is 4.70. The average Bonchev–Trinajstić information content (AvgIpc) is 2.41. The van der Waals surface area contributed by atoms with E-state index in [2.05, 4.69) is 25.8 Å². The first-order valence-electron chi connectivity index (χ1n) is 7.11. The van der Waals surface area contributed by atoms with Gasteiger partial charge in [0.05, 0.1) is 17.7 Å². The predicted octanol–water partition coefficient (Wildman–Crippen LogP) is 1.96. The van der Waals surface area contributed by atoms with Crippen molar-refractivity contribution in [1.82, 2.24) is 9.88 Å². The summed E-state index contributed by atoms with van der Waals surface area (Å²) in [6.07, 6.45) is 1.67. The van der Waals surface area contributed by atoms with E-state index in [0.29, 0.717) is 13.0 Å². The monoisotopic (exact) mass is 355 g/mol. The molecule has 1 aliphatic rings. The number of piperidine rings is 1. The number of rotatable bonds is 3. The number of aliphatic hydroxyl groups is 1. The molecule has 0 spiro atoms. The van der Waals surface area contributed by atoms with E-state index >= 15 is 0 Å². The molecule has 21 heavy (non-hydrogen) atoms. The number of halogens is 1. The van der Waals surface area contributed by atoms with Gasteiger partial charge in [0.1, 0.15) is 5.82 Å². The standard InChI is InChI=1S/C15H22BrN3O2/c1-11-12(16)5-6-13(17-11)19-8-4-7-15(21,10-19)9-14(20)18(2)3/h5-6,21H,4,7-10H2,1-3H3. The minimum Gasteiger partial charge on any atom is -0.388 e. The van der Waals surface area contributed by atoms with E-state index in [1.54, 1.807) is 14.1 Å². The van der Waals surface area contributed by atoms with Crippen molar-refractivity contribution in [2.24, 2.45) is 0 Å². The van der Waals surface area contributed by atoms with Crippen LogP contribution in [0.3, 0.4) is 0 Å². The molecule has 5 nitrogen and oxygen atoms in total. The van der Waals surface area contributed by atoms with Crippen LogP contribution in [0.25, 0.3) is 0 Å². The molecule has 1 amide bonds. The van der Waals surface area contributed by atoms with Gasteiger partial charge in [-0.1, -0.05) is 0 Å². The van der Waals surface area contributed by atoms with Gasteiger partial charge in [0.25, 0.3) is 0 Å². The summed E-state index contributed by atoms with van der Waals surface area (Å²) in [6.45, 7) is 3.24. The highest BCUT2D eigenvalue weighted by Crippen LogP contribution is 2.29. The fourth-order valence-electron chi connectivity index (χ4n) is 2.60. The fourth-order valence-corrected chi connectivity index (χ4v) is 2.82. The molecule has 0 aliphatic carbocycles. The summed E-state index contributed by atoms with van der Waals surface area (Å²) in [5, 5.41) is 10.7. The minimum absolute atomic E-state index is 0.0423. The molecule has 1 aromatic heterocycles. The lowest BCUT2D eigenvalue weighted by molar-refractivity contribution is -0.134. The first kappa shape index (κ1) is 16.2. The van der Waals surface area contributed by atoms with E-state index in [0.717, 1.165) is 29.0 Å². The number of nitrogens with zero attached hydrogens (tertiary/aromatic N) is 3. The van der Waals surface area contributed by atoms with Crippen molar-refractivity contribution in [3.05, 3.63) is 22.3 Å². The van der Waals surface area contributed by atoms with Crippen molar-refractivity contribution in [3.63, 3.8) is 0 Å². The maximum absolute atomic E-state index is 11.9. The van der Waals surface area contributed by atoms with Crippen molar-refractivity contribution in [2.75, 3.05) is 32.1 Å². The van der Waals surface area contributed by atoms with Crippen LogP contribution in [0.2, 0.25) is 0 Å². The summed E-state index contributed by atoms with van der Waals surface area (Å²) in [5.74, 6) is 0.811. The lowest BCUT2D eigenvalue weighted by Gasteiger charge is -2.40. The van der Waals surface area contributed by atoms with Gasteiger partial charge in [0.15, 0.2) is 0 Å². The van der Waals surface area contributed by atoms with Gasteiger partial charge in [-0.3, -0.25) is 4.79 Å². The molecule has 0 aromatic carbocycles. The highest BCUT2D eigenvalue weighted by atomic mass is 79.9. The Kier molecular flexibility index (Phi) is 4.88. The molecule has 1 N–H and O–H groups in total. The number of pyridine rings is 1. The van der Waals surface area contributed by atoms with Gasteiger partial charge in [-0.25, -0.2) is 4.98 Å². The van der Waals surface area contributed by atoms with Crippen LogP contribution in [0, 0.1) is 6.92 Å². The molecule has 1 aliphatic heterocycles. The van der Waals surface area contributed by atoms with Gasteiger partial charge in [0, 0.05) is 31.7 Å². The second kappa shape index (κ2) is 6.32. The van der Waals surface area contributed by atoms with Crippen LogP contribution >= 0.6 is 15.9 Å². The summed E-state index contributed by atoms with van der Waals surface area (Å²) >= 11 is 3.44. The normalized spacial score (nSPS) is 22.2. The lowest BCUT2D eigenvalue weighted by Crippen LogP contribution is -2.50. The SMILES string of the molecule is Cc1nc(N2CCCC(O)(CC(=O)N(C)C)C2)ccc1Br. The van der Waals surface area contributed by atoms with E-state index in [-0.39, 0.29) is 12.3 Å². The van der Waals surface area contributed by atoms with Crippen molar-refractivity contribution >= 4 is 27.7 Å². The molecular formula is C15H22BrN3O2. The Bertz CT molecular complexity index is 536. The molecule has 2 heterocycles. The molecule has 1 aromatic rings. The first-order valence-corrected chi connectivity index (χ1v) is 7.91. The molecule has 1 unspecified atom stereocenters. The topological polar surface area (TPSA) is 56.7 Å². The minimum atomic E-state index is -0.970. The molecule has 2 rings (SSSR count). The third-order valence-electron chi connectivity index (χ3n) is 3.87. The van der Waals surface area contributed by atoms with Crippen molar-refractivity contribution in [2.45, 2.75) is 31.8 Å². The van der Waals surface area contributed by atoms with Gasteiger partial charge in [-0.2, -0.15) is 0 Å². The Morgan fingerprint density at radius 3 is 2.86 bits per heavy atom. The molecule has 6 heteroatoms. The highest BCUT2D eigenvalue weighted by molar-refractivity contribution is 9.10. The van der Waals surface area contributed by atoms with Crippen molar-refractivity contribution in [1.29, 1.82) is 0 Å². The molecule has 0 bridgehead atoms. The van der Waals surface area contributed by atoms with Gasteiger partial charge in [-0.15, -0.1) is 0 Å². The second-order valence-corrected chi connectivity index (χ2v) is 6.81. The van der Waals surface area contributed by atoms with Crippen LogP contribution in [0.5, 0.6) is 0 Å². The summed E-state index contributed by atoms with van der Waals surface area (Å²) in [4.78, 5) is 20.0. The Hall–Kier alpha value is -1.14. The van der Waals surface area contributed by atoms with Gasteiger partial charge >= 0.3 is 0 Å². The first-order chi connectivity index (χ1) is 9.81. The number of β-amino-alcohol motifs (C(OH)–C–C–N with tert-alkyl or cyclic N) is 1.